The van der Waals surface area contributed by atoms with Crippen LogP contribution in [0.2, 0.25) is 0 Å². The summed E-state index contributed by atoms with van der Waals surface area (Å²) in [7, 11) is -3.81. The minimum atomic E-state index is -3.81. The fourth-order valence-corrected chi connectivity index (χ4v) is 5.51. The van der Waals surface area contributed by atoms with E-state index in [1.54, 1.807) is 23.6 Å². The molecule has 0 radical (unpaired) electrons. The Morgan fingerprint density at radius 3 is 2.57 bits per heavy atom. The number of rotatable bonds is 11. The second-order valence-corrected chi connectivity index (χ2v) is 10.6. The van der Waals surface area contributed by atoms with Crippen molar-refractivity contribution in [3.63, 3.8) is 0 Å². The summed E-state index contributed by atoms with van der Waals surface area (Å²) in [6.07, 6.45) is 2.21. The maximum Gasteiger partial charge on any atom is 0.243 e. The first kappa shape index (κ1) is 26.2. The maximum atomic E-state index is 12.8. The molecule has 1 fully saturated rings. The van der Waals surface area contributed by atoms with Crippen LogP contribution in [-0.2, 0) is 19.6 Å². The van der Waals surface area contributed by atoms with Gasteiger partial charge in [0.2, 0.25) is 27.6 Å². The number of nitrogens with zero attached hydrogens (tertiary/aromatic N) is 4. The number of piperazine rings is 1. The highest BCUT2D eigenvalue weighted by Gasteiger charge is 2.34. The molecule has 1 atom stereocenters. The van der Waals surface area contributed by atoms with Gasteiger partial charge >= 0.3 is 0 Å². The van der Waals surface area contributed by atoms with Gasteiger partial charge in [0.15, 0.2) is 11.0 Å². The number of aromatic nitrogens is 1. The number of aliphatic imine (C=N–C) groups is 1. The quantitative estimate of drug-likeness (QED) is 0.152. The molecule has 2 aromatic rings. The van der Waals surface area contributed by atoms with E-state index < -0.39 is 27.9 Å². The number of ketones is 1. The molecule has 0 saturated carbocycles. The topological polar surface area (TPSA) is 181 Å². The Labute approximate surface area is 207 Å². The fraction of sp³-hybridized carbons (Fsp3) is 0.381. The average molecular weight is 522 g/mol. The van der Waals surface area contributed by atoms with E-state index in [0.717, 1.165) is 15.6 Å². The summed E-state index contributed by atoms with van der Waals surface area (Å²) in [6, 6.07) is 6.98. The van der Waals surface area contributed by atoms with E-state index >= 15 is 0 Å². The van der Waals surface area contributed by atoms with Crippen molar-refractivity contribution in [1.29, 1.82) is 0 Å². The van der Waals surface area contributed by atoms with Crippen LogP contribution >= 0.6 is 11.3 Å². The molecule has 5 N–H and O–H groups in total. The van der Waals surface area contributed by atoms with Crippen LogP contribution in [0, 0.1) is 0 Å². The number of benzene rings is 1. The second kappa shape index (κ2) is 11.9. The molecule has 0 bridgehead atoms. The number of guanidine groups is 1. The molecule has 2 heterocycles. The molecule has 0 spiro atoms. The molecular formula is C21H27N7O5S2. The molecule has 1 aromatic heterocycles. The Kier molecular flexibility index (Phi) is 8.89. The van der Waals surface area contributed by atoms with Crippen molar-refractivity contribution in [2.45, 2.75) is 23.8 Å². The number of hydrogen-bond donors (Lipinski definition) is 3. The second-order valence-electron chi connectivity index (χ2n) is 7.74. The fourth-order valence-electron chi connectivity index (χ4n) is 3.48. The van der Waals surface area contributed by atoms with E-state index in [1.807, 2.05) is 0 Å². The van der Waals surface area contributed by atoms with Crippen LogP contribution in [0.1, 0.15) is 22.6 Å². The number of carbonyl (C=O) groups excluding carboxylic acids is 3. The smallest absolute Gasteiger partial charge is 0.243 e. The summed E-state index contributed by atoms with van der Waals surface area (Å²) in [5, 5.41) is 4.59. The van der Waals surface area contributed by atoms with Crippen LogP contribution in [0.3, 0.4) is 0 Å². The Morgan fingerprint density at radius 1 is 1.20 bits per heavy atom. The Hall–Kier alpha value is -3.36. The first-order chi connectivity index (χ1) is 16.7. The number of sulfonamides is 1. The van der Waals surface area contributed by atoms with Crippen LogP contribution in [0.5, 0.6) is 0 Å². The number of hydrogen-bond acceptors (Lipinski definition) is 8. The first-order valence-electron chi connectivity index (χ1n) is 10.8. The Balaban J connectivity index is 1.59. The summed E-state index contributed by atoms with van der Waals surface area (Å²) in [6.45, 7) is -0.279. The van der Waals surface area contributed by atoms with Gasteiger partial charge in [0.25, 0.3) is 0 Å². The van der Waals surface area contributed by atoms with Gasteiger partial charge in [-0.05, 0) is 25.0 Å². The number of thiazole rings is 1. The zero-order chi connectivity index (χ0) is 25.4. The van der Waals surface area contributed by atoms with Crippen molar-refractivity contribution in [3.05, 3.63) is 46.9 Å². The molecular weight excluding hydrogens is 494 g/mol. The molecule has 1 aliphatic rings. The molecule has 14 heteroatoms. The number of nitrogens with one attached hydrogen (secondary N) is 1. The molecule has 3 rings (SSSR count). The zero-order valence-corrected chi connectivity index (χ0v) is 20.5. The molecule has 12 nitrogen and oxygen atoms in total. The summed E-state index contributed by atoms with van der Waals surface area (Å²) < 4.78 is 26.6. The minimum Gasteiger partial charge on any atom is -0.370 e. The van der Waals surface area contributed by atoms with E-state index in [4.69, 9.17) is 11.5 Å². The standard InChI is InChI=1S/C21H27N7O5S2/c22-21(23)25-8-4-7-16(19(31)20-24-9-12-34-20)26-17(29)13-27-10-11-28(14-18(27)30)35(32,33)15-5-2-1-3-6-15/h1-3,5-6,9,12,16H,4,7-8,10-11,13-14H2,(H,26,29)(H4,22,23,25)/t16-/m1/s1. The molecule has 0 aliphatic carbocycles. The lowest BCUT2D eigenvalue weighted by Crippen LogP contribution is -2.55. The lowest BCUT2D eigenvalue weighted by molar-refractivity contribution is -0.138. The third-order valence-corrected chi connectivity index (χ3v) is 7.89. The molecule has 0 unspecified atom stereocenters. The molecule has 1 aromatic carbocycles. The average Bonchev–Trinajstić information content (AvgIpc) is 3.37. The number of carbonyl (C=O) groups is 3. The highest BCUT2D eigenvalue weighted by Crippen LogP contribution is 2.18. The number of amides is 2. The minimum absolute atomic E-state index is 0.0495. The van der Waals surface area contributed by atoms with Gasteiger partial charge in [-0.3, -0.25) is 19.4 Å². The van der Waals surface area contributed by atoms with Crippen molar-refractivity contribution < 1.29 is 22.8 Å². The number of Topliss-reactive ketones (excluding diaryl/α,β-unsaturated/α-hetero) is 1. The Bertz CT molecular complexity index is 1170. The van der Waals surface area contributed by atoms with E-state index in [1.165, 1.54) is 23.2 Å². The van der Waals surface area contributed by atoms with Crippen molar-refractivity contribution in [2.24, 2.45) is 16.5 Å². The van der Waals surface area contributed by atoms with Gasteiger partial charge < -0.3 is 21.7 Å². The van der Waals surface area contributed by atoms with Crippen LogP contribution < -0.4 is 16.8 Å². The highest BCUT2D eigenvalue weighted by molar-refractivity contribution is 7.89. The lowest BCUT2D eigenvalue weighted by atomic mass is 10.1. The lowest BCUT2D eigenvalue weighted by Gasteiger charge is -2.33. The SMILES string of the molecule is NC(N)=NCCC[C@@H](NC(=O)CN1CCN(S(=O)(=O)c2ccccc2)CC1=O)C(=O)c1nccs1. The van der Waals surface area contributed by atoms with Gasteiger partial charge in [-0.25, -0.2) is 13.4 Å². The van der Waals surface area contributed by atoms with Gasteiger partial charge in [0.05, 0.1) is 24.0 Å². The highest BCUT2D eigenvalue weighted by atomic mass is 32.2. The van der Waals surface area contributed by atoms with Crippen molar-refractivity contribution >= 4 is 44.9 Å². The molecule has 188 valence electrons. The van der Waals surface area contributed by atoms with Crippen molar-refractivity contribution in [3.8, 4) is 0 Å². The summed E-state index contributed by atoms with van der Waals surface area (Å²) in [4.78, 5) is 47.4. The third-order valence-electron chi connectivity index (χ3n) is 5.24. The van der Waals surface area contributed by atoms with Crippen LogP contribution in [0.4, 0.5) is 0 Å². The normalized spacial score (nSPS) is 15.4. The molecule has 1 saturated heterocycles. The van der Waals surface area contributed by atoms with E-state index in [9.17, 15) is 22.8 Å². The summed E-state index contributed by atoms with van der Waals surface area (Å²) >= 11 is 1.16. The van der Waals surface area contributed by atoms with Crippen molar-refractivity contribution in [1.82, 2.24) is 19.5 Å². The van der Waals surface area contributed by atoms with Gasteiger partial charge in [-0.15, -0.1) is 11.3 Å². The van der Waals surface area contributed by atoms with Gasteiger partial charge in [0.1, 0.15) is 0 Å². The van der Waals surface area contributed by atoms with Crippen LogP contribution in [0.15, 0.2) is 51.8 Å². The molecule has 35 heavy (non-hydrogen) atoms. The first-order valence-corrected chi connectivity index (χ1v) is 13.1. The van der Waals surface area contributed by atoms with Crippen molar-refractivity contribution in [2.75, 3.05) is 32.7 Å². The Morgan fingerprint density at radius 2 is 1.94 bits per heavy atom. The van der Waals surface area contributed by atoms with Gasteiger partial charge in [-0.1, -0.05) is 18.2 Å². The predicted octanol–water partition coefficient (Wildman–Crippen LogP) is -0.603. The number of nitrogens with two attached hydrogens (primary N) is 2. The third kappa shape index (κ3) is 7.07. The largest absolute Gasteiger partial charge is 0.370 e. The van der Waals surface area contributed by atoms with E-state index in [-0.39, 0.29) is 60.8 Å². The van der Waals surface area contributed by atoms with E-state index in [2.05, 4.69) is 15.3 Å². The zero-order valence-electron chi connectivity index (χ0n) is 18.9. The van der Waals surface area contributed by atoms with Gasteiger partial charge in [-0.2, -0.15) is 4.31 Å². The molecule has 1 aliphatic heterocycles. The van der Waals surface area contributed by atoms with Gasteiger partial charge in [0, 0.05) is 31.2 Å². The maximum absolute atomic E-state index is 12.8. The predicted molar refractivity (Wildman–Crippen MR) is 130 cm³/mol. The van der Waals surface area contributed by atoms with Crippen LogP contribution in [-0.4, -0.2) is 84.9 Å². The van der Waals surface area contributed by atoms with E-state index in [0.29, 0.717) is 6.42 Å². The monoisotopic (exact) mass is 521 g/mol. The summed E-state index contributed by atoms with van der Waals surface area (Å²) in [5.74, 6) is -1.44. The summed E-state index contributed by atoms with van der Waals surface area (Å²) in [5.41, 5.74) is 10.6. The molecule has 2 amide bonds. The van der Waals surface area contributed by atoms with Crippen LogP contribution in [0.25, 0.3) is 0 Å².